The fraction of sp³-hybridized carbons (Fsp3) is 0.118. The Balaban J connectivity index is 1.67. The zero-order chi connectivity index (χ0) is 16.2. The van der Waals surface area contributed by atoms with Crippen LogP contribution in [0.5, 0.6) is 0 Å². The number of aromatic nitrogens is 2. The molecule has 3 rings (SSSR count). The third-order valence-corrected chi connectivity index (χ3v) is 3.79. The highest BCUT2D eigenvalue weighted by Crippen LogP contribution is 2.19. The molecule has 3 aromatic rings. The van der Waals surface area contributed by atoms with Crippen molar-refractivity contribution in [1.82, 2.24) is 10.1 Å². The number of halogens is 1. The van der Waals surface area contributed by atoms with E-state index in [9.17, 15) is 4.79 Å². The van der Waals surface area contributed by atoms with Gasteiger partial charge in [-0.25, -0.2) is 4.79 Å². The van der Waals surface area contributed by atoms with E-state index in [0.717, 1.165) is 15.6 Å². The van der Waals surface area contributed by atoms with Gasteiger partial charge in [-0.3, -0.25) is 0 Å². The van der Waals surface area contributed by atoms with Gasteiger partial charge in [-0.1, -0.05) is 39.3 Å². The number of esters is 1. The Morgan fingerprint density at radius 2 is 1.91 bits per heavy atom. The summed E-state index contributed by atoms with van der Waals surface area (Å²) in [5.41, 5.74) is 2.21. The van der Waals surface area contributed by atoms with E-state index in [2.05, 4.69) is 26.1 Å². The zero-order valence-electron chi connectivity index (χ0n) is 12.3. The third kappa shape index (κ3) is 3.65. The van der Waals surface area contributed by atoms with Gasteiger partial charge in [-0.2, -0.15) is 4.98 Å². The molecule has 0 N–H and O–H groups in total. The second-order valence-corrected chi connectivity index (χ2v) is 5.83. The molecule has 1 aromatic heterocycles. The normalized spacial score (nSPS) is 10.5. The van der Waals surface area contributed by atoms with Crippen LogP contribution < -0.4 is 0 Å². The Labute approximate surface area is 141 Å². The Hall–Kier alpha value is -2.47. The molecule has 0 aliphatic rings. The van der Waals surface area contributed by atoms with Gasteiger partial charge in [0.25, 0.3) is 5.89 Å². The van der Waals surface area contributed by atoms with E-state index in [4.69, 9.17) is 9.26 Å². The summed E-state index contributed by atoms with van der Waals surface area (Å²) in [6, 6.07) is 14.8. The molecule has 1 heterocycles. The predicted molar refractivity (Wildman–Crippen MR) is 87.7 cm³/mol. The summed E-state index contributed by atoms with van der Waals surface area (Å²) < 4.78 is 11.3. The minimum atomic E-state index is -0.411. The van der Waals surface area contributed by atoms with Gasteiger partial charge < -0.3 is 9.26 Å². The monoisotopic (exact) mass is 372 g/mol. The summed E-state index contributed by atoms with van der Waals surface area (Å²) in [6.45, 7) is 1.80. The Morgan fingerprint density at radius 1 is 1.17 bits per heavy atom. The maximum Gasteiger partial charge on any atom is 0.338 e. The fourth-order valence-corrected chi connectivity index (χ4v) is 2.30. The molecule has 0 atom stereocenters. The molecule has 0 saturated heterocycles. The van der Waals surface area contributed by atoms with Gasteiger partial charge in [-0.15, -0.1) is 0 Å². The highest BCUT2D eigenvalue weighted by atomic mass is 79.9. The molecule has 6 heteroatoms. The van der Waals surface area contributed by atoms with E-state index in [0.29, 0.717) is 11.4 Å². The van der Waals surface area contributed by atoms with Crippen LogP contribution in [0, 0.1) is 6.92 Å². The first kappa shape index (κ1) is 15.4. The number of nitrogens with zero attached hydrogens (tertiary/aromatic N) is 2. The SMILES string of the molecule is Cc1ccccc1C(=O)OCc1nc(-c2ccc(Br)cc2)no1. The van der Waals surface area contributed by atoms with Crippen molar-refractivity contribution in [3.05, 3.63) is 70.0 Å². The molecule has 23 heavy (non-hydrogen) atoms. The molecule has 0 aliphatic carbocycles. The number of rotatable bonds is 4. The molecule has 5 nitrogen and oxygen atoms in total. The quantitative estimate of drug-likeness (QED) is 0.643. The Bertz CT molecular complexity index is 828. The number of hydrogen-bond donors (Lipinski definition) is 0. The fourth-order valence-electron chi connectivity index (χ4n) is 2.04. The van der Waals surface area contributed by atoms with E-state index in [-0.39, 0.29) is 12.5 Å². The van der Waals surface area contributed by atoms with Gasteiger partial charge in [0.2, 0.25) is 5.82 Å². The largest absolute Gasteiger partial charge is 0.452 e. The molecule has 2 aromatic carbocycles. The molecule has 0 unspecified atom stereocenters. The minimum absolute atomic E-state index is 0.0588. The van der Waals surface area contributed by atoms with Crippen LogP contribution in [0.2, 0.25) is 0 Å². The van der Waals surface area contributed by atoms with Gasteiger partial charge in [0.05, 0.1) is 5.56 Å². The topological polar surface area (TPSA) is 65.2 Å². The van der Waals surface area contributed by atoms with Gasteiger partial charge in [-0.05, 0) is 42.8 Å². The number of aryl methyl sites for hydroxylation is 1. The first-order valence-electron chi connectivity index (χ1n) is 6.95. The molecular weight excluding hydrogens is 360 g/mol. The van der Waals surface area contributed by atoms with Crippen LogP contribution in [-0.4, -0.2) is 16.1 Å². The van der Waals surface area contributed by atoms with Crippen LogP contribution in [0.1, 0.15) is 21.8 Å². The lowest BCUT2D eigenvalue weighted by Gasteiger charge is -2.04. The van der Waals surface area contributed by atoms with Crippen LogP contribution in [0.25, 0.3) is 11.4 Å². The number of hydrogen-bond acceptors (Lipinski definition) is 5. The molecule has 0 fully saturated rings. The van der Waals surface area contributed by atoms with Crippen LogP contribution in [0.3, 0.4) is 0 Å². The standard InChI is InChI=1S/C17H13BrN2O3/c1-11-4-2-3-5-14(11)17(21)22-10-15-19-16(20-23-15)12-6-8-13(18)9-7-12/h2-9H,10H2,1H3. The summed E-state index contributed by atoms with van der Waals surface area (Å²) in [5, 5.41) is 3.89. The molecule has 0 saturated carbocycles. The summed E-state index contributed by atoms with van der Waals surface area (Å²) >= 11 is 3.37. The molecule has 0 spiro atoms. The second-order valence-electron chi connectivity index (χ2n) is 4.91. The lowest BCUT2D eigenvalue weighted by atomic mass is 10.1. The molecule has 0 amide bonds. The molecule has 0 bridgehead atoms. The van der Waals surface area contributed by atoms with Gasteiger partial charge >= 0.3 is 5.97 Å². The van der Waals surface area contributed by atoms with Crippen LogP contribution >= 0.6 is 15.9 Å². The number of carbonyl (C=O) groups is 1. The average Bonchev–Trinajstić information content (AvgIpc) is 3.03. The van der Waals surface area contributed by atoms with Crippen molar-refractivity contribution in [3.8, 4) is 11.4 Å². The smallest absolute Gasteiger partial charge is 0.338 e. The predicted octanol–water partition coefficient (Wildman–Crippen LogP) is 4.16. The zero-order valence-corrected chi connectivity index (χ0v) is 13.9. The van der Waals surface area contributed by atoms with E-state index in [1.165, 1.54) is 0 Å². The molecule has 0 radical (unpaired) electrons. The van der Waals surface area contributed by atoms with Crippen molar-refractivity contribution in [2.45, 2.75) is 13.5 Å². The van der Waals surface area contributed by atoms with Crippen molar-refractivity contribution in [2.75, 3.05) is 0 Å². The molecular formula is C17H13BrN2O3. The number of benzene rings is 2. The van der Waals surface area contributed by atoms with E-state index in [1.807, 2.05) is 43.3 Å². The summed E-state index contributed by atoms with van der Waals surface area (Å²) in [5.74, 6) is 0.302. The third-order valence-electron chi connectivity index (χ3n) is 3.26. The molecule has 116 valence electrons. The highest BCUT2D eigenvalue weighted by molar-refractivity contribution is 9.10. The van der Waals surface area contributed by atoms with Crippen LogP contribution in [0.15, 0.2) is 57.5 Å². The summed E-state index contributed by atoms with van der Waals surface area (Å²) in [4.78, 5) is 16.3. The summed E-state index contributed by atoms with van der Waals surface area (Å²) in [7, 11) is 0. The Morgan fingerprint density at radius 3 is 2.65 bits per heavy atom. The number of carbonyl (C=O) groups excluding carboxylic acids is 1. The van der Waals surface area contributed by atoms with Crippen LogP contribution in [0.4, 0.5) is 0 Å². The number of ether oxygens (including phenoxy) is 1. The average molecular weight is 373 g/mol. The molecule has 0 aliphatic heterocycles. The van der Waals surface area contributed by atoms with Crippen molar-refractivity contribution >= 4 is 21.9 Å². The van der Waals surface area contributed by atoms with E-state index in [1.54, 1.807) is 12.1 Å². The van der Waals surface area contributed by atoms with Crippen molar-refractivity contribution < 1.29 is 14.1 Å². The highest BCUT2D eigenvalue weighted by Gasteiger charge is 2.13. The Kier molecular flexibility index (Phi) is 4.52. The van der Waals surface area contributed by atoms with Gasteiger partial charge in [0.1, 0.15) is 0 Å². The van der Waals surface area contributed by atoms with Crippen molar-refractivity contribution in [3.63, 3.8) is 0 Å². The maximum absolute atomic E-state index is 12.0. The van der Waals surface area contributed by atoms with E-state index < -0.39 is 5.97 Å². The first-order valence-corrected chi connectivity index (χ1v) is 7.74. The maximum atomic E-state index is 12.0. The second kappa shape index (κ2) is 6.75. The first-order chi connectivity index (χ1) is 11.1. The van der Waals surface area contributed by atoms with Crippen molar-refractivity contribution in [2.24, 2.45) is 0 Å². The van der Waals surface area contributed by atoms with Crippen LogP contribution in [-0.2, 0) is 11.3 Å². The van der Waals surface area contributed by atoms with Gasteiger partial charge in [0, 0.05) is 10.0 Å². The van der Waals surface area contributed by atoms with E-state index >= 15 is 0 Å². The lowest BCUT2D eigenvalue weighted by Crippen LogP contribution is -2.07. The van der Waals surface area contributed by atoms with Gasteiger partial charge in [0.15, 0.2) is 6.61 Å². The minimum Gasteiger partial charge on any atom is -0.452 e. The van der Waals surface area contributed by atoms with Crippen molar-refractivity contribution in [1.29, 1.82) is 0 Å². The summed E-state index contributed by atoms with van der Waals surface area (Å²) in [6.07, 6.45) is 0. The lowest BCUT2D eigenvalue weighted by molar-refractivity contribution is 0.0429.